The van der Waals surface area contributed by atoms with Crippen LogP contribution in [0.3, 0.4) is 0 Å². The molecule has 3 atom stereocenters. The Balaban J connectivity index is 0.00000121. The Morgan fingerprint density at radius 1 is 1.75 bits per heavy atom. The van der Waals surface area contributed by atoms with Gasteiger partial charge in [-0.15, -0.1) is 0 Å². The predicted octanol–water partition coefficient (Wildman–Crippen LogP) is 1.58. The number of hydrogen-bond acceptors (Lipinski definition) is 1. The van der Waals surface area contributed by atoms with Crippen LogP contribution in [-0.4, -0.2) is 20.5 Å². The van der Waals surface area contributed by atoms with Gasteiger partial charge in [0.25, 0.3) is 0 Å². The van der Waals surface area contributed by atoms with Gasteiger partial charge < -0.3 is 18.1 Å². The van der Waals surface area contributed by atoms with Gasteiger partial charge in [0, 0.05) is 39.3 Å². The minimum absolute atomic E-state index is 0. The second kappa shape index (κ2) is 5.12. The quantitative estimate of drug-likeness (QED) is 0.498. The molecule has 1 nitrogen and oxygen atoms in total. The normalized spacial score (nSPS) is 41.9. The van der Waals surface area contributed by atoms with E-state index in [-0.39, 0.29) is 44.1 Å². The second-order valence-electron chi connectivity index (χ2n) is 3.47. The van der Waals surface area contributed by atoms with Gasteiger partial charge in [0.2, 0.25) is 0 Å². The zero-order valence-corrected chi connectivity index (χ0v) is 10.8. The summed E-state index contributed by atoms with van der Waals surface area (Å²) in [5, 5.41) is 0. The first-order valence-electron chi connectivity index (χ1n) is 4.16. The minimum Gasteiger partial charge on any atom is -0.421 e. The third kappa shape index (κ3) is 2.82. The molecule has 12 heavy (non-hydrogen) atoms. The van der Waals surface area contributed by atoms with E-state index in [1.165, 1.54) is 0 Å². The van der Waals surface area contributed by atoms with Crippen LogP contribution in [0.1, 0.15) is 20.3 Å². The molecule has 3 radical (unpaired) electrons. The van der Waals surface area contributed by atoms with E-state index < -0.39 is 0 Å². The monoisotopic (exact) mass is 239 g/mol. The van der Waals surface area contributed by atoms with Crippen molar-refractivity contribution >= 4 is 7.85 Å². The van der Waals surface area contributed by atoms with E-state index in [1.54, 1.807) is 0 Å². The van der Waals surface area contributed by atoms with E-state index >= 15 is 0 Å². The molecule has 65 valence electrons. The van der Waals surface area contributed by atoms with Crippen LogP contribution in [0, 0.1) is 24.7 Å². The first-order valence-corrected chi connectivity index (χ1v) is 4.16. The van der Waals surface area contributed by atoms with Gasteiger partial charge in [-0.05, 0) is 0 Å². The van der Waals surface area contributed by atoms with Crippen LogP contribution in [-0.2, 0) is 37.4 Å². The molecule has 1 saturated heterocycles. The van der Waals surface area contributed by atoms with Crippen LogP contribution in [0.25, 0.3) is 0 Å². The molecule has 1 heterocycles. The Labute approximate surface area is 102 Å². The van der Waals surface area contributed by atoms with Crippen LogP contribution < -0.4 is 0 Å². The summed E-state index contributed by atoms with van der Waals surface area (Å²) in [6, 6.07) is -0.188. The number of rotatable bonds is 1. The molecule has 0 bridgehead atoms. The zero-order chi connectivity index (χ0) is 8.48. The van der Waals surface area contributed by atoms with Crippen molar-refractivity contribution in [2.75, 3.05) is 6.61 Å². The summed E-state index contributed by atoms with van der Waals surface area (Å²) in [7, 11) is 5.60. The summed E-state index contributed by atoms with van der Waals surface area (Å²) in [6.45, 7) is 9.12. The van der Waals surface area contributed by atoms with Gasteiger partial charge in [-0.25, -0.2) is 0 Å². The third-order valence-electron chi connectivity index (χ3n) is 2.71. The van der Waals surface area contributed by atoms with Gasteiger partial charge in [-0.3, -0.25) is 0 Å². The van der Waals surface area contributed by atoms with E-state index in [9.17, 15) is 0 Å². The molecular weight excluding hydrogens is 224 g/mol. The van der Waals surface area contributed by atoms with Gasteiger partial charge in [-0.1, -0.05) is 26.3 Å². The Kier molecular flexibility index (Phi) is 5.60. The van der Waals surface area contributed by atoms with Crippen LogP contribution in [0.4, 0.5) is 0 Å². The van der Waals surface area contributed by atoms with E-state index in [1.807, 2.05) is 6.42 Å². The fraction of sp³-hybridized carbons (Fsp3) is 0.778. The molecule has 1 fully saturated rings. The van der Waals surface area contributed by atoms with Crippen LogP contribution in [0.5, 0.6) is 0 Å². The van der Waals surface area contributed by atoms with Crippen LogP contribution in [0.2, 0.25) is 0 Å². The Hall–Kier alpha value is 1.13. The summed E-state index contributed by atoms with van der Waals surface area (Å²) < 4.78 is 5.31. The number of ether oxygens (including phenoxy) is 1. The summed E-state index contributed by atoms with van der Waals surface area (Å²) in [5.41, 5.74) is 0.0515. The Morgan fingerprint density at radius 3 is 2.75 bits per heavy atom. The van der Waals surface area contributed by atoms with E-state index in [0.29, 0.717) is 12.5 Å². The summed E-state index contributed by atoms with van der Waals surface area (Å²) >= 11 is 0. The fourth-order valence-corrected chi connectivity index (χ4v) is 1.36. The van der Waals surface area contributed by atoms with E-state index in [2.05, 4.69) is 20.8 Å². The van der Waals surface area contributed by atoms with Crippen molar-refractivity contribution in [3.05, 3.63) is 13.3 Å². The molecule has 0 aromatic rings. The molecule has 0 saturated carbocycles. The standard InChI is InChI=1S/C9H15BO.Y/c1-4-9(3)6-11-8(10)5-7(9)2;/h5,7-8H,3-4,6H2,1-2H3;/q-2;/t7-,8?,9?;/m1./s1. The summed E-state index contributed by atoms with van der Waals surface area (Å²) in [5.74, 6) is 0.455. The Morgan fingerprint density at radius 2 is 2.33 bits per heavy atom. The van der Waals surface area contributed by atoms with E-state index in [0.717, 1.165) is 6.42 Å². The van der Waals surface area contributed by atoms with Crippen molar-refractivity contribution in [3.8, 4) is 0 Å². The zero-order valence-electron chi connectivity index (χ0n) is 7.92. The van der Waals surface area contributed by atoms with Gasteiger partial charge >= 0.3 is 0 Å². The van der Waals surface area contributed by atoms with Gasteiger partial charge in [0.05, 0.1) is 7.85 Å². The first kappa shape index (κ1) is 13.1. The third-order valence-corrected chi connectivity index (χ3v) is 2.71. The van der Waals surface area contributed by atoms with Gasteiger partial charge in [0.1, 0.15) is 0 Å². The largest absolute Gasteiger partial charge is 0.421 e. The van der Waals surface area contributed by atoms with Crippen LogP contribution >= 0.6 is 0 Å². The van der Waals surface area contributed by atoms with Gasteiger partial charge in [0.15, 0.2) is 0 Å². The molecule has 0 aliphatic carbocycles. The fourth-order valence-electron chi connectivity index (χ4n) is 1.36. The first-order chi connectivity index (χ1) is 5.08. The second-order valence-corrected chi connectivity index (χ2v) is 3.47. The molecule has 0 aromatic heterocycles. The van der Waals surface area contributed by atoms with E-state index in [4.69, 9.17) is 12.6 Å². The van der Waals surface area contributed by atoms with Crippen molar-refractivity contribution in [2.45, 2.75) is 26.3 Å². The maximum Gasteiger partial charge on any atom is 0.0625 e. The average molecular weight is 239 g/mol. The number of hydrogen-bond donors (Lipinski definition) is 0. The Bertz CT molecular complexity index is 142. The van der Waals surface area contributed by atoms with Crippen molar-refractivity contribution in [1.29, 1.82) is 0 Å². The molecule has 1 rings (SSSR count). The summed E-state index contributed by atoms with van der Waals surface area (Å²) in [6.07, 6.45) is 3.07. The smallest absolute Gasteiger partial charge is 0.0625 e. The molecule has 0 aromatic carbocycles. The maximum atomic E-state index is 5.60. The summed E-state index contributed by atoms with van der Waals surface area (Å²) in [4.78, 5) is 0. The van der Waals surface area contributed by atoms with Gasteiger partial charge in [-0.2, -0.15) is 11.3 Å². The topological polar surface area (TPSA) is 9.23 Å². The maximum absolute atomic E-state index is 5.60. The molecule has 3 heteroatoms. The predicted molar refractivity (Wildman–Crippen MR) is 47.0 cm³/mol. The van der Waals surface area contributed by atoms with Crippen molar-refractivity contribution in [2.24, 2.45) is 11.3 Å². The van der Waals surface area contributed by atoms with Crippen LogP contribution in [0.15, 0.2) is 0 Å². The molecule has 2 unspecified atom stereocenters. The van der Waals surface area contributed by atoms with Crippen molar-refractivity contribution in [3.63, 3.8) is 0 Å². The minimum atomic E-state index is -0.188. The molecular formula is C9H15BOY-2. The van der Waals surface area contributed by atoms with Crippen molar-refractivity contribution in [1.82, 2.24) is 0 Å². The SMILES string of the molecule is [B]C1[CH-][C@@H](C)C([CH2-])(CC)CO1.[Y]. The molecule has 0 spiro atoms. The molecule has 0 amide bonds. The average Bonchev–Trinajstić information content (AvgIpc) is 1.98. The molecule has 0 N–H and O–H groups in total. The molecule has 1 aliphatic rings. The molecule has 1 aliphatic heterocycles. The van der Waals surface area contributed by atoms with Crippen molar-refractivity contribution < 1.29 is 37.4 Å².